The van der Waals surface area contributed by atoms with Crippen LogP contribution in [0.4, 0.5) is 0 Å². The van der Waals surface area contributed by atoms with Crippen molar-refractivity contribution in [2.45, 2.75) is 19.3 Å². The maximum Gasteiger partial charge on any atom is 0.160 e. The van der Waals surface area contributed by atoms with Gasteiger partial charge in [0.15, 0.2) is 5.82 Å². The molecule has 270 valence electrons. The number of nitrogens with zero attached hydrogens (tertiary/aromatic N) is 2. The summed E-state index contributed by atoms with van der Waals surface area (Å²) < 4.78 is 0. The fourth-order valence-corrected chi connectivity index (χ4v) is 8.59. The van der Waals surface area contributed by atoms with Gasteiger partial charge in [0, 0.05) is 22.1 Å². The van der Waals surface area contributed by atoms with Gasteiger partial charge >= 0.3 is 0 Å². The summed E-state index contributed by atoms with van der Waals surface area (Å²) in [4.78, 5) is 10.7. The van der Waals surface area contributed by atoms with Gasteiger partial charge in [-0.05, 0) is 91.0 Å². The van der Waals surface area contributed by atoms with Gasteiger partial charge in [0.2, 0.25) is 0 Å². The molecule has 0 radical (unpaired) electrons. The van der Waals surface area contributed by atoms with Crippen LogP contribution in [0.1, 0.15) is 25.0 Å². The summed E-state index contributed by atoms with van der Waals surface area (Å²) in [5.41, 5.74) is 19.3. The summed E-state index contributed by atoms with van der Waals surface area (Å²) in [5.74, 6) is 0.688. The monoisotopic (exact) mass is 728 g/mol. The van der Waals surface area contributed by atoms with Gasteiger partial charge in [-0.1, -0.05) is 196 Å². The molecule has 2 nitrogen and oxygen atoms in total. The highest BCUT2D eigenvalue weighted by Crippen LogP contribution is 2.51. The van der Waals surface area contributed by atoms with Crippen molar-refractivity contribution in [2.75, 3.05) is 0 Å². The number of fused-ring (bicyclic) bond motifs is 3. The van der Waals surface area contributed by atoms with Crippen molar-refractivity contribution in [3.63, 3.8) is 0 Å². The molecule has 8 aromatic carbocycles. The van der Waals surface area contributed by atoms with Crippen molar-refractivity contribution in [1.29, 1.82) is 0 Å². The molecule has 1 heterocycles. The minimum atomic E-state index is -0.0751. The number of aromatic nitrogens is 2. The van der Waals surface area contributed by atoms with Crippen LogP contribution in [-0.4, -0.2) is 9.97 Å². The third kappa shape index (κ3) is 6.26. The third-order valence-electron chi connectivity index (χ3n) is 11.5. The first-order valence-corrected chi connectivity index (χ1v) is 19.7. The molecule has 0 saturated heterocycles. The Hall–Kier alpha value is -7.16. The maximum absolute atomic E-state index is 5.45. The lowest BCUT2D eigenvalue weighted by molar-refractivity contribution is 0.660. The van der Waals surface area contributed by atoms with Gasteiger partial charge in [-0.15, -0.1) is 0 Å². The van der Waals surface area contributed by atoms with Crippen molar-refractivity contribution >= 4 is 0 Å². The Labute approximate surface area is 334 Å². The Bertz CT molecular complexity index is 2880. The van der Waals surface area contributed by atoms with E-state index in [0.29, 0.717) is 5.82 Å². The predicted molar refractivity (Wildman–Crippen MR) is 238 cm³/mol. The lowest BCUT2D eigenvalue weighted by atomic mass is 9.81. The van der Waals surface area contributed by atoms with Gasteiger partial charge < -0.3 is 0 Å². The van der Waals surface area contributed by atoms with Crippen molar-refractivity contribution < 1.29 is 0 Å². The molecule has 0 fully saturated rings. The maximum atomic E-state index is 5.45. The van der Waals surface area contributed by atoms with Crippen molar-refractivity contribution in [2.24, 2.45) is 0 Å². The molecule has 2 heteroatoms. The first kappa shape index (κ1) is 34.3. The topological polar surface area (TPSA) is 25.8 Å². The highest BCUT2D eigenvalue weighted by Gasteiger charge is 2.35. The molecular weight excluding hydrogens is 689 g/mol. The van der Waals surface area contributed by atoms with E-state index in [-0.39, 0.29) is 5.41 Å². The second-order valence-electron chi connectivity index (χ2n) is 15.4. The van der Waals surface area contributed by atoms with E-state index >= 15 is 0 Å². The van der Waals surface area contributed by atoms with Crippen LogP contribution in [0.2, 0.25) is 0 Å². The van der Waals surface area contributed by atoms with Gasteiger partial charge in [0.1, 0.15) is 0 Å². The first-order chi connectivity index (χ1) is 28.0. The van der Waals surface area contributed by atoms with E-state index in [1.807, 2.05) is 12.1 Å². The largest absolute Gasteiger partial charge is 0.228 e. The van der Waals surface area contributed by atoms with Crippen LogP contribution in [-0.2, 0) is 5.41 Å². The van der Waals surface area contributed by atoms with Crippen LogP contribution in [0.5, 0.6) is 0 Å². The molecule has 10 rings (SSSR count). The Kier molecular flexibility index (Phi) is 8.53. The Morgan fingerprint density at radius 3 is 1.42 bits per heavy atom. The normalized spacial score (nSPS) is 12.5. The summed E-state index contributed by atoms with van der Waals surface area (Å²) in [7, 11) is 0. The van der Waals surface area contributed by atoms with Crippen LogP contribution >= 0.6 is 0 Å². The summed E-state index contributed by atoms with van der Waals surface area (Å²) in [6.07, 6.45) is 0. The fraction of sp³-hybridized carbons (Fsp3) is 0.0545. The van der Waals surface area contributed by atoms with E-state index in [9.17, 15) is 0 Å². The van der Waals surface area contributed by atoms with Crippen LogP contribution in [0.3, 0.4) is 0 Å². The smallest absolute Gasteiger partial charge is 0.160 e. The van der Waals surface area contributed by atoms with Crippen LogP contribution in [0, 0.1) is 0 Å². The number of benzene rings is 8. The molecule has 0 aliphatic heterocycles. The lowest BCUT2D eigenvalue weighted by Gasteiger charge is -2.22. The molecule has 0 N–H and O–H groups in total. The second-order valence-corrected chi connectivity index (χ2v) is 15.4. The van der Waals surface area contributed by atoms with E-state index in [2.05, 4.69) is 208 Å². The van der Waals surface area contributed by atoms with Gasteiger partial charge in [0.05, 0.1) is 11.4 Å². The van der Waals surface area contributed by atoms with E-state index in [1.165, 1.54) is 33.4 Å². The minimum absolute atomic E-state index is 0.0751. The van der Waals surface area contributed by atoms with Gasteiger partial charge in [-0.25, -0.2) is 9.97 Å². The zero-order valence-corrected chi connectivity index (χ0v) is 32.0. The molecule has 57 heavy (non-hydrogen) atoms. The lowest BCUT2D eigenvalue weighted by Crippen LogP contribution is -2.14. The molecular formula is C55H40N2. The quantitative estimate of drug-likeness (QED) is 0.163. The fourth-order valence-electron chi connectivity index (χ4n) is 8.59. The zero-order valence-electron chi connectivity index (χ0n) is 32.0. The Balaban J connectivity index is 1.24. The number of rotatable bonds is 7. The van der Waals surface area contributed by atoms with E-state index < -0.39 is 0 Å². The number of hydrogen-bond donors (Lipinski definition) is 0. The highest BCUT2D eigenvalue weighted by atomic mass is 14.9. The van der Waals surface area contributed by atoms with Crippen LogP contribution in [0.15, 0.2) is 206 Å². The Morgan fingerprint density at radius 1 is 0.298 bits per heavy atom. The average molecular weight is 729 g/mol. The summed E-state index contributed by atoms with van der Waals surface area (Å²) >= 11 is 0. The summed E-state index contributed by atoms with van der Waals surface area (Å²) in [5, 5.41) is 0. The molecule has 0 atom stereocenters. The van der Waals surface area contributed by atoms with Crippen LogP contribution in [0.25, 0.3) is 89.5 Å². The second kappa shape index (κ2) is 14.2. The molecule has 1 aliphatic carbocycles. The van der Waals surface area contributed by atoms with Gasteiger partial charge in [0.25, 0.3) is 0 Å². The van der Waals surface area contributed by atoms with E-state index in [4.69, 9.17) is 9.97 Å². The van der Waals surface area contributed by atoms with Crippen molar-refractivity contribution in [3.05, 3.63) is 217 Å². The molecule has 0 saturated carbocycles. The number of hydrogen-bond acceptors (Lipinski definition) is 2. The molecule has 1 aromatic heterocycles. The first-order valence-electron chi connectivity index (χ1n) is 19.7. The van der Waals surface area contributed by atoms with Gasteiger partial charge in [-0.3, -0.25) is 0 Å². The predicted octanol–water partition coefficient (Wildman–Crippen LogP) is 14.5. The molecule has 0 bridgehead atoms. The molecule has 9 aromatic rings. The third-order valence-corrected chi connectivity index (χ3v) is 11.5. The summed E-state index contributed by atoms with van der Waals surface area (Å²) in [6, 6.07) is 73.9. The van der Waals surface area contributed by atoms with Crippen molar-refractivity contribution in [1.82, 2.24) is 9.97 Å². The molecule has 0 unspecified atom stereocenters. The molecule has 0 amide bonds. The standard InChI is InChI=1S/C55H40N2/c1-55(2)49-26-16-15-25-45(49)47-33-43(31-32-50(47)55)46-34-44(38-19-9-4-10-20-38)35-48(53(46)41-23-13-6-14-24-41)52-36-51(40-21-11-5-12-22-40)56-54(57-52)42-29-27-39(28-30-42)37-17-7-3-8-18-37/h3-36H,1-2H3. The van der Waals surface area contributed by atoms with Gasteiger partial charge in [-0.2, -0.15) is 0 Å². The molecule has 0 spiro atoms. The Morgan fingerprint density at radius 2 is 0.754 bits per heavy atom. The van der Waals surface area contributed by atoms with Crippen molar-refractivity contribution in [3.8, 4) is 89.5 Å². The summed E-state index contributed by atoms with van der Waals surface area (Å²) in [6.45, 7) is 4.68. The average Bonchev–Trinajstić information content (AvgIpc) is 3.52. The zero-order chi connectivity index (χ0) is 38.3. The van der Waals surface area contributed by atoms with Crippen LogP contribution < -0.4 is 0 Å². The SMILES string of the molecule is CC1(C)c2ccccc2-c2cc(-c3cc(-c4ccccc4)cc(-c4cc(-c5ccccc5)nc(-c5ccc(-c6ccccc6)cc5)n4)c3-c3ccccc3)ccc21. The molecule has 1 aliphatic rings. The van der Waals surface area contributed by atoms with E-state index in [0.717, 1.165) is 61.5 Å². The van der Waals surface area contributed by atoms with E-state index in [1.54, 1.807) is 0 Å². The highest BCUT2D eigenvalue weighted by molar-refractivity contribution is 5.99. The minimum Gasteiger partial charge on any atom is -0.228 e.